The highest BCUT2D eigenvalue weighted by atomic mass is 32.9. The van der Waals surface area contributed by atoms with Gasteiger partial charge in [0.1, 0.15) is 11.8 Å². The Morgan fingerprint density at radius 1 is 1.21 bits per heavy atom. The van der Waals surface area contributed by atoms with Crippen LogP contribution in [0, 0.1) is 11.8 Å². The number of fused-ring (bicyclic) bond motifs is 1. The van der Waals surface area contributed by atoms with Gasteiger partial charge < -0.3 is 30.0 Å². The van der Waals surface area contributed by atoms with Crippen molar-refractivity contribution in [3.63, 3.8) is 0 Å². The molecule has 1 fully saturated rings. The number of rotatable bonds is 16. The van der Waals surface area contributed by atoms with Gasteiger partial charge in [0, 0.05) is 23.8 Å². The van der Waals surface area contributed by atoms with Gasteiger partial charge in [-0.15, -0.1) is 0 Å². The van der Waals surface area contributed by atoms with E-state index < -0.39 is 30.2 Å². The molecule has 0 aliphatic carbocycles. The van der Waals surface area contributed by atoms with Gasteiger partial charge in [0.15, 0.2) is 5.78 Å². The minimum absolute atomic E-state index is 0.0237. The fourth-order valence-electron chi connectivity index (χ4n) is 4.61. The predicted molar refractivity (Wildman–Crippen MR) is 164 cm³/mol. The zero-order valence-electron chi connectivity index (χ0n) is 24.4. The Morgan fingerprint density at radius 2 is 1.95 bits per heavy atom. The lowest BCUT2D eigenvalue weighted by Gasteiger charge is -2.32. The van der Waals surface area contributed by atoms with Crippen LogP contribution >= 0.6 is 20.7 Å². The summed E-state index contributed by atoms with van der Waals surface area (Å²) in [4.78, 5) is 52.5. The number of hydrogen-bond acceptors (Lipinski definition) is 10. The number of carbonyl (C=O) groups excluding carboxylic acids is 3. The highest BCUT2D eigenvalue weighted by molar-refractivity contribution is 7.70. The molecule has 0 bridgehead atoms. The van der Waals surface area contributed by atoms with E-state index in [0.717, 1.165) is 29.8 Å². The van der Waals surface area contributed by atoms with E-state index in [0.29, 0.717) is 36.9 Å². The van der Waals surface area contributed by atoms with Gasteiger partial charge in [-0.05, 0) is 45.4 Å². The minimum Gasteiger partial charge on any atom is -0.463 e. The lowest BCUT2D eigenvalue weighted by atomic mass is 9.89. The molecule has 0 saturated carbocycles. The maximum Gasteiger partial charge on any atom is 0.330 e. The Balaban J connectivity index is 1.25. The fraction of sp³-hybridized carbons (Fsp3) is 0.600. The molecule has 3 heterocycles. The van der Waals surface area contributed by atoms with Crippen LogP contribution in [0.3, 0.4) is 0 Å². The van der Waals surface area contributed by atoms with Crippen LogP contribution in [0.25, 0.3) is 10.6 Å². The number of unbranched alkanes of at least 4 members (excludes halogenated alkanes) is 4. The standard InChI is InChI=1S/C30H42N2O8S2/c1-18(14-23-28(37)27(36)21(16-40-23)11-9-10-19(2)20(3)33)15-25(35)39-13-8-6-4-5-7-12-24(34)32-26-29-22(17-41-42-29)31-30(26)38/h9-10,15,17,19-21,23,28,33,37H,4-8,11-14,16H2,1-3H3,(H,31,38)(H,32,34). The average Bonchev–Trinajstić information content (AvgIpc) is 3.50. The second-order valence-corrected chi connectivity index (χ2v) is 13.1. The van der Waals surface area contributed by atoms with Crippen molar-refractivity contribution in [2.75, 3.05) is 18.5 Å². The third kappa shape index (κ3) is 10.3. The number of ketones is 1. The van der Waals surface area contributed by atoms with Crippen LogP contribution in [0.5, 0.6) is 0 Å². The first-order chi connectivity index (χ1) is 20.1. The molecule has 3 aliphatic rings. The highest BCUT2D eigenvalue weighted by Gasteiger charge is 2.37. The number of allylic oxidation sites excluding steroid dienone is 1. The van der Waals surface area contributed by atoms with Crippen molar-refractivity contribution in [1.29, 1.82) is 0 Å². The number of esters is 1. The van der Waals surface area contributed by atoms with Crippen LogP contribution in [0.15, 0.2) is 34.0 Å². The monoisotopic (exact) mass is 622 g/mol. The maximum atomic E-state index is 12.6. The Labute approximate surface area is 253 Å². The molecule has 0 aromatic rings. The molecule has 42 heavy (non-hydrogen) atoms. The zero-order chi connectivity index (χ0) is 30.6. The van der Waals surface area contributed by atoms with E-state index >= 15 is 0 Å². The number of carbonyl (C=O) groups is 3. The molecule has 1 amide bonds. The Kier molecular flexibility index (Phi) is 13.6. The first kappa shape index (κ1) is 33.9. The molecule has 3 aliphatic heterocycles. The van der Waals surface area contributed by atoms with E-state index in [9.17, 15) is 29.4 Å². The summed E-state index contributed by atoms with van der Waals surface area (Å²) in [5, 5.41) is 24.6. The van der Waals surface area contributed by atoms with Crippen molar-refractivity contribution >= 4 is 44.0 Å². The second kappa shape index (κ2) is 16.9. The number of anilines is 1. The predicted octanol–water partition coefficient (Wildman–Crippen LogP) is 4.67. The molecular formula is C30H42N2O8S2. The third-order valence-electron chi connectivity index (χ3n) is 7.37. The Hall–Kier alpha value is -2.64. The number of aromatic amines is 1. The molecule has 10 nitrogen and oxygen atoms in total. The molecule has 4 N–H and O–H groups in total. The van der Waals surface area contributed by atoms with Crippen LogP contribution in [0.1, 0.15) is 72.1 Å². The Morgan fingerprint density at radius 3 is 2.71 bits per heavy atom. The molecule has 0 aromatic carbocycles. The second-order valence-electron chi connectivity index (χ2n) is 11.0. The number of nitrogens with one attached hydrogen (secondary N) is 2. The van der Waals surface area contributed by atoms with Gasteiger partial charge in [0.2, 0.25) is 5.91 Å². The molecule has 5 atom stereocenters. The average molecular weight is 623 g/mol. The van der Waals surface area contributed by atoms with Gasteiger partial charge >= 0.3 is 5.97 Å². The number of aliphatic hydroxyl groups excluding tert-OH is 2. The molecule has 3 rings (SSSR count). The molecule has 12 heteroatoms. The summed E-state index contributed by atoms with van der Waals surface area (Å²) in [6.07, 6.45) is 7.68. The molecule has 232 valence electrons. The number of H-pyrrole nitrogens is 1. The molecule has 0 radical (unpaired) electrons. The topological polar surface area (TPSA) is 155 Å². The lowest BCUT2D eigenvalue weighted by molar-refractivity contribution is -0.155. The van der Waals surface area contributed by atoms with Gasteiger partial charge in [0.25, 0.3) is 5.56 Å². The van der Waals surface area contributed by atoms with Gasteiger partial charge in [-0.25, -0.2) is 4.79 Å². The van der Waals surface area contributed by atoms with Crippen molar-refractivity contribution in [1.82, 2.24) is 4.98 Å². The number of aliphatic hydroxyl groups is 2. The molecule has 5 unspecified atom stereocenters. The van der Waals surface area contributed by atoms with Crippen molar-refractivity contribution < 1.29 is 34.1 Å². The summed E-state index contributed by atoms with van der Waals surface area (Å²) < 4.78 is 11.0. The number of Topliss-reactive ketones (excluding diaryl/α,β-unsaturated/α-hetero) is 1. The highest BCUT2D eigenvalue weighted by Crippen LogP contribution is 2.35. The Bertz CT molecular complexity index is 1260. The molecular weight excluding hydrogens is 580 g/mol. The summed E-state index contributed by atoms with van der Waals surface area (Å²) in [5.74, 6) is -1.37. The summed E-state index contributed by atoms with van der Waals surface area (Å²) >= 11 is 0. The minimum atomic E-state index is -1.26. The molecule has 1 saturated heterocycles. The number of amides is 1. The van der Waals surface area contributed by atoms with E-state index in [1.807, 2.05) is 24.5 Å². The van der Waals surface area contributed by atoms with Gasteiger partial charge in [0.05, 0.1) is 36.0 Å². The van der Waals surface area contributed by atoms with Crippen LogP contribution in [0.4, 0.5) is 5.69 Å². The van der Waals surface area contributed by atoms with Crippen molar-refractivity contribution in [2.45, 2.75) is 90.4 Å². The smallest absolute Gasteiger partial charge is 0.330 e. The third-order valence-corrected chi connectivity index (χ3v) is 9.46. The van der Waals surface area contributed by atoms with E-state index in [1.165, 1.54) is 26.8 Å². The van der Waals surface area contributed by atoms with Crippen LogP contribution < -0.4 is 10.9 Å². The van der Waals surface area contributed by atoms with Gasteiger partial charge in [-0.2, -0.15) is 0 Å². The number of hydrogen-bond donors (Lipinski definition) is 4. The van der Waals surface area contributed by atoms with Crippen LogP contribution in [-0.4, -0.2) is 64.4 Å². The number of aromatic nitrogens is 1. The lowest BCUT2D eigenvalue weighted by Crippen LogP contribution is -2.46. The van der Waals surface area contributed by atoms with Crippen LogP contribution in [0.2, 0.25) is 0 Å². The van der Waals surface area contributed by atoms with E-state index in [2.05, 4.69) is 10.3 Å². The summed E-state index contributed by atoms with van der Waals surface area (Å²) in [6.45, 7) is 5.81. The molecule has 0 aromatic heterocycles. The summed E-state index contributed by atoms with van der Waals surface area (Å²) in [6, 6.07) is 0. The summed E-state index contributed by atoms with van der Waals surface area (Å²) in [5.41, 5.74) is 1.47. The zero-order valence-corrected chi connectivity index (χ0v) is 26.1. The SMILES string of the molecule is CC(=CC(=O)OCCCCCCCC(=O)Nc1c2sscc-2[nH]c1=O)CC1OCC(CC=CC(C)C(C)O)C(=O)C1O. The first-order valence-electron chi connectivity index (χ1n) is 14.5. The van der Waals surface area contributed by atoms with Crippen molar-refractivity contribution in [3.8, 4) is 10.6 Å². The first-order valence-corrected chi connectivity index (χ1v) is 16.7. The molecule has 0 spiro atoms. The number of ether oxygens (including phenoxy) is 2. The van der Waals surface area contributed by atoms with E-state index in [1.54, 1.807) is 13.8 Å². The summed E-state index contributed by atoms with van der Waals surface area (Å²) in [7, 11) is 2.96. The maximum absolute atomic E-state index is 12.6. The fourth-order valence-corrected chi connectivity index (χ4v) is 6.76. The van der Waals surface area contributed by atoms with E-state index in [-0.39, 0.29) is 42.8 Å². The van der Waals surface area contributed by atoms with Gasteiger partial charge in [-0.3, -0.25) is 14.4 Å². The van der Waals surface area contributed by atoms with Crippen LogP contribution in [-0.2, 0) is 23.9 Å². The largest absolute Gasteiger partial charge is 0.463 e. The quantitative estimate of drug-likeness (QED) is 0.0692. The van der Waals surface area contributed by atoms with E-state index in [4.69, 9.17) is 9.47 Å². The normalized spacial score (nSPS) is 21.1. The van der Waals surface area contributed by atoms with Gasteiger partial charge in [-0.1, -0.05) is 64.6 Å². The van der Waals surface area contributed by atoms with Crippen molar-refractivity contribution in [3.05, 3.63) is 39.5 Å². The van der Waals surface area contributed by atoms with Crippen molar-refractivity contribution in [2.24, 2.45) is 11.8 Å².